The van der Waals surface area contributed by atoms with E-state index in [2.05, 4.69) is 20.1 Å². The molecule has 4 heterocycles. The Hall–Kier alpha value is -5.15. The summed E-state index contributed by atoms with van der Waals surface area (Å²) in [6.45, 7) is 1.79. The van der Waals surface area contributed by atoms with Gasteiger partial charge in [0.25, 0.3) is 11.5 Å². The van der Waals surface area contributed by atoms with Gasteiger partial charge in [-0.2, -0.15) is 9.78 Å². The van der Waals surface area contributed by atoms with Crippen LogP contribution in [0, 0.1) is 6.92 Å². The zero-order chi connectivity index (χ0) is 28.2. The molecule has 0 radical (unpaired) electrons. The monoisotopic (exact) mass is 563 g/mol. The number of fused-ring (bicyclic) bond motifs is 3. The quantitative estimate of drug-likeness (QED) is 0.269. The van der Waals surface area contributed by atoms with E-state index >= 15 is 0 Å². The molecule has 6 aromatic rings. The van der Waals surface area contributed by atoms with Crippen LogP contribution < -0.4 is 15.0 Å². The first-order valence-corrected chi connectivity index (χ1v) is 13.2. The van der Waals surface area contributed by atoms with Crippen LogP contribution in [0.25, 0.3) is 22.0 Å². The third-order valence-electron chi connectivity index (χ3n) is 7.36. The van der Waals surface area contributed by atoms with Gasteiger partial charge in [-0.1, -0.05) is 54.1 Å². The molecule has 0 saturated heterocycles. The second-order valence-corrected chi connectivity index (χ2v) is 10.1. The maximum absolute atomic E-state index is 14.4. The highest BCUT2D eigenvalue weighted by molar-refractivity contribution is 6.30. The Morgan fingerprint density at radius 2 is 1.83 bits per heavy atom. The molecular formula is C31H22ClN5O4. The van der Waals surface area contributed by atoms with Crippen LogP contribution in [0.3, 0.4) is 0 Å². The first-order valence-electron chi connectivity index (χ1n) is 12.8. The number of hydrogen-bond acceptors (Lipinski definition) is 6. The summed E-state index contributed by atoms with van der Waals surface area (Å²) < 4.78 is 12.9. The fourth-order valence-corrected chi connectivity index (χ4v) is 5.64. The van der Waals surface area contributed by atoms with Crippen molar-refractivity contribution in [1.29, 1.82) is 0 Å². The van der Waals surface area contributed by atoms with E-state index in [1.54, 1.807) is 26.2 Å². The minimum absolute atomic E-state index is 0.111. The Kier molecular flexibility index (Phi) is 5.76. The van der Waals surface area contributed by atoms with Crippen molar-refractivity contribution in [2.45, 2.75) is 12.8 Å². The number of benzene rings is 3. The average molecular weight is 564 g/mol. The first-order chi connectivity index (χ1) is 19.9. The lowest BCUT2D eigenvalue weighted by molar-refractivity contribution is 0.0931. The summed E-state index contributed by atoms with van der Waals surface area (Å²) in [5.41, 5.74) is 4.60. The zero-order valence-corrected chi connectivity index (χ0v) is 22.7. The van der Waals surface area contributed by atoms with E-state index in [1.807, 2.05) is 60.7 Å². The zero-order valence-electron chi connectivity index (χ0n) is 21.9. The maximum atomic E-state index is 14.4. The number of rotatable bonds is 4. The van der Waals surface area contributed by atoms with Gasteiger partial charge in [0, 0.05) is 21.5 Å². The summed E-state index contributed by atoms with van der Waals surface area (Å²) in [6.07, 6.45) is 1.28. The molecule has 3 aromatic heterocycles. The Balaban J connectivity index is 1.45. The molecule has 7 rings (SSSR count). The smallest absolute Gasteiger partial charge is 0.298 e. The van der Waals surface area contributed by atoms with Gasteiger partial charge in [-0.05, 0) is 48.4 Å². The Labute approximate surface area is 238 Å². The number of aromatic nitrogens is 5. The molecule has 2 N–H and O–H groups in total. The minimum Gasteiger partial charge on any atom is -0.497 e. The molecule has 0 bridgehead atoms. The van der Waals surface area contributed by atoms with Crippen molar-refractivity contribution >= 4 is 28.4 Å². The van der Waals surface area contributed by atoms with Crippen molar-refractivity contribution < 1.29 is 14.3 Å². The summed E-state index contributed by atoms with van der Waals surface area (Å²) in [7, 11) is 1.60. The fraction of sp³-hybridized carbons (Fsp3) is 0.0968. The van der Waals surface area contributed by atoms with Crippen molar-refractivity contribution in [2.24, 2.45) is 0 Å². The number of hydrogen-bond donors (Lipinski definition) is 2. The van der Waals surface area contributed by atoms with E-state index < -0.39 is 11.8 Å². The van der Waals surface area contributed by atoms with Crippen LogP contribution >= 0.6 is 11.6 Å². The molecule has 0 saturated carbocycles. The standard InChI is InChI=1S/C31H22ClN5O4/c1-16-23-25(18-8-10-19(32)11-9-18)26-28(38)33-15-34-29(26)41-31(23)37(36-16)30(39)27-24(17-6-4-3-5-7-17)21-14-20(40-2)12-13-22(21)35-27/h3-15,25,35H,1-2H3,(H,33,34,38). The number of ether oxygens (including phenoxy) is 2. The van der Waals surface area contributed by atoms with E-state index in [4.69, 9.17) is 21.1 Å². The molecule has 0 fully saturated rings. The van der Waals surface area contributed by atoms with Crippen LogP contribution in [0.1, 0.15) is 38.8 Å². The minimum atomic E-state index is -0.578. The second-order valence-electron chi connectivity index (χ2n) is 9.71. The van der Waals surface area contributed by atoms with Gasteiger partial charge in [0.2, 0.25) is 11.8 Å². The van der Waals surface area contributed by atoms with Gasteiger partial charge in [-0.15, -0.1) is 0 Å². The van der Waals surface area contributed by atoms with Crippen molar-refractivity contribution in [3.05, 3.63) is 123 Å². The SMILES string of the molecule is COc1ccc2[nH]c(C(=O)n3nc(C)c4c3Oc3nc[nH]c(=O)c3C4c3ccc(Cl)cc3)c(-c3ccccc3)c2c1. The summed E-state index contributed by atoms with van der Waals surface area (Å²) in [4.78, 5) is 37.6. The van der Waals surface area contributed by atoms with Crippen LogP contribution in [-0.4, -0.2) is 37.7 Å². The van der Waals surface area contributed by atoms with Gasteiger partial charge >= 0.3 is 0 Å². The molecular weight excluding hydrogens is 542 g/mol. The molecule has 41 heavy (non-hydrogen) atoms. The number of methoxy groups -OCH3 is 1. The van der Waals surface area contributed by atoms with Gasteiger partial charge in [-0.3, -0.25) is 9.59 Å². The molecule has 1 aliphatic heterocycles. The van der Waals surface area contributed by atoms with Crippen LogP contribution in [0.2, 0.25) is 5.02 Å². The molecule has 3 aromatic carbocycles. The van der Waals surface area contributed by atoms with E-state index in [0.717, 1.165) is 22.0 Å². The lowest BCUT2D eigenvalue weighted by Crippen LogP contribution is -2.25. The molecule has 0 amide bonds. The largest absolute Gasteiger partial charge is 0.497 e. The molecule has 9 nitrogen and oxygen atoms in total. The number of aromatic amines is 2. The Morgan fingerprint density at radius 1 is 1.05 bits per heavy atom. The summed E-state index contributed by atoms with van der Waals surface area (Å²) in [6, 6.07) is 22.5. The predicted octanol–water partition coefficient (Wildman–Crippen LogP) is 6.06. The number of carbonyl (C=O) groups is 1. The van der Waals surface area contributed by atoms with Gasteiger partial charge in [0.05, 0.1) is 36.2 Å². The summed E-state index contributed by atoms with van der Waals surface area (Å²) in [5.74, 6) is -0.0211. The third-order valence-corrected chi connectivity index (χ3v) is 7.62. The van der Waals surface area contributed by atoms with E-state index in [-0.39, 0.29) is 17.3 Å². The molecule has 202 valence electrons. The Bertz CT molecular complexity index is 2030. The van der Waals surface area contributed by atoms with Crippen molar-refractivity contribution in [3.63, 3.8) is 0 Å². The highest BCUT2D eigenvalue weighted by Crippen LogP contribution is 2.47. The number of nitrogens with zero attached hydrogens (tertiary/aromatic N) is 3. The topological polar surface area (TPSA) is 115 Å². The van der Waals surface area contributed by atoms with Gasteiger partial charge in [0.1, 0.15) is 11.4 Å². The summed E-state index contributed by atoms with van der Waals surface area (Å²) >= 11 is 6.17. The molecule has 0 aliphatic carbocycles. The first kappa shape index (κ1) is 24.9. The van der Waals surface area contributed by atoms with Crippen molar-refractivity contribution in [3.8, 4) is 28.6 Å². The van der Waals surface area contributed by atoms with E-state index in [0.29, 0.717) is 38.9 Å². The molecule has 0 spiro atoms. The molecule has 10 heteroatoms. The maximum Gasteiger partial charge on any atom is 0.298 e. The summed E-state index contributed by atoms with van der Waals surface area (Å²) in [5, 5.41) is 6.04. The highest BCUT2D eigenvalue weighted by Gasteiger charge is 2.39. The number of H-pyrrole nitrogens is 2. The average Bonchev–Trinajstić information content (AvgIpc) is 3.54. The van der Waals surface area contributed by atoms with Crippen LogP contribution in [0.15, 0.2) is 83.9 Å². The van der Waals surface area contributed by atoms with Gasteiger partial charge < -0.3 is 19.4 Å². The third kappa shape index (κ3) is 3.93. The predicted molar refractivity (Wildman–Crippen MR) is 154 cm³/mol. The van der Waals surface area contributed by atoms with E-state index in [9.17, 15) is 9.59 Å². The van der Waals surface area contributed by atoms with E-state index in [1.165, 1.54) is 11.0 Å². The molecule has 1 atom stereocenters. The lowest BCUT2D eigenvalue weighted by Gasteiger charge is -2.25. The van der Waals surface area contributed by atoms with Gasteiger partial charge in [0.15, 0.2) is 0 Å². The number of nitrogens with one attached hydrogen (secondary N) is 2. The second kappa shape index (κ2) is 9.50. The number of aryl methyl sites for hydroxylation is 1. The lowest BCUT2D eigenvalue weighted by atomic mass is 9.85. The van der Waals surface area contributed by atoms with Crippen molar-refractivity contribution in [2.75, 3.05) is 7.11 Å². The fourth-order valence-electron chi connectivity index (χ4n) is 5.51. The van der Waals surface area contributed by atoms with Crippen LogP contribution in [0.5, 0.6) is 17.5 Å². The van der Waals surface area contributed by atoms with Crippen molar-refractivity contribution in [1.82, 2.24) is 24.7 Å². The highest BCUT2D eigenvalue weighted by atomic mass is 35.5. The number of halogens is 1. The normalized spacial score (nSPS) is 13.9. The molecule has 1 aliphatic rings. The number of carbonyl (C=O) groups excluding carboxylic acids is 1. The molecule has 1 unspecified atom stereocenters. The van der Waals surface area contributed by atoms with Crippen LogP contribution in [-0.2, 0) is 0 Å². The van der Waals surface area contributed by atoms with Gasteiger partial charge in [-0.25, -0.2) is 4.98 Å². The Morgan fingerprint density at radius 3 is 2.59 bits per heavy atom. The van der Waals surface area contributed by atoms with Crippen LogP contribution in [0.4, 0.5) is 0 Å².